The van der Waals surface area contributed by atoms with Crippen LogP contribution in [0.15, 0.2) is 66.7 Å². The minimum atomic E-state index is 0.452. The zero-order chi connectivity index (χ0) is 16.2. The molecule has 0 fully saturated rings. The predicted molar refractivity (Wildman–Crippen MR) is 97.7 cm³/mol. The van der Waals surface area contributed by atoms with E-state index in [4.69, 9.17) is 0 Å². The Morgan fingerprint density at radius 1 is 0.739 bits per heavy atom. The molecular formula is C22H22O. The topological polar surface area (TPSA) is 20.2 Å². The molecule has 0 atom stereocenters. The van der Waals surface area contributed by atoms with Gasteiger partial charge in [-0.3, -0.25) is 0 Å². The number of aryl methyl sites for hydroxylation is 1. The van der Waals surface area contributed by atoms with E-state index in [1.165, 1.54) is 11.1 Å². The van der Waals surface area contributed by atoms with Crippen LogP contribution in [0.2, 0.25) is 0 Å². The molecule has 0 radical (unpaired) electrons. The third-order valence-electron chi connectivity index (χ3n) is 4.36. The second-order valence-corrected chi connectivity index (χ2v) is 5.72. The molecule has 0 aromatic heterocycles. The van der Waals surface area contributed by atoms with Crippen molar-refractivity contribution in [3.8, 4) is 28.0 Å². The Bertz CT molecular complexity index is 789. The summed E-state index contributed by atoms with van der Waals surface area (Å²) in [6.45, 7) is 4.20. The van der Waals surface area contributed by atoms with Crippen molar-refractivity contribution in [1.82, 2.24) is 0 Å². The van der Waals surface area contributed by atoms with E-state index in [0.29, 0.717) is 5.75 Å². The molecule has 0 aliphatic carbocycles. The van der Waals surface area contributed by atoms with Gasteiger partial charge in [0.25, 0.3) is 0 Å². The lowest BCUT2D eigenvalue weighted by Crippen LogP contribution is -1.97. The van der Waals surface area contributed by atoms with Crippen LogP contribution in [0.4, 0.5) is 0 Å². The van der Waals surface area contributed by atoms with E-state index in [0.717, 1.165) is 35.1 Å². The monoisotopic (exact) mass is 302 g/mol. The largest absolute Gasteiger partial charge is 0.507 e. The lowest BCUT2D eigenvalue weighted by atomic mass is 9.86. The Balaban J connectivity index is 2.37. The Labute approximate surface area is 138 Å². The van der Waals surface area contributed by atoms with E-state index in [2.05, 4.69) is 56.3 Å². The van der Waals surface area contributed by atoms with Crippen molar-refractivity contribution >= 4 is 0 Å². The molecule has 23 heavy (non-hydrogen) atoms. The summed E-state index contributed by atoms with van der Waals surface area (Å²) in [5, 5.41) is 10.7. The third kappa shape index (κ3) is 2.87. The molecule has 1 heteroatoms. The van der Waals surface area contributed by atoms with Gasteiger partial charge in [-0.2, -0.15) is 0 Å². The van der Waals surface area contributed by atoms with Gasteiger partial charge in [-0.25, -0.2) is 0 Å². The third-order valence-corrected chi connectivity index (χ3v) is 4.36. The molecule has 0 unspecified atom stereocenters. The van der Waals surface area contributed by atoms with E-state index in [1.54, 1.807) is 0 Å². The van der Waals surface area contributed by atoms with Crippen molar-refractivity contribution in [2.75, 3.05) is 0 Å². The van der Waals surface area contributed by atoms with Crippen molar-refractivity contribution in [3.63, 3.8) is 0 Å². The van der Waals surface area contributed by atoms with Gasteiger partial charge in [-0.15, -0.1) is 0 Å². The molecule has 3 rings (SSSR count). The fraction of sp³-hybridized carbons (Fsp3) is 0.182. The van der Waals surface area contributed by atoms with Gasteiger partial charge >= 0.3 is 0 Å². The van der Waals surface area contributed by atoms with Crippen LogP contribution < -0.4 is 0 Å². The van der Waals surface area contributed by atoms with Gasteiger partial charge < -0.3 is 5.11 Å². The first-order valence-corrected chi connectivity index (χ1v) is 8.24. The van der Waals surface area contributed by atoms with Crippen LogP contribution in [-0.2, 0) is 12.8 Å². The number of hydrogen-bond donors (Lipinski definition) is 1. The first kappa shape index (κ1) is 15.4. The molecule has 0 bridgehead atoms. The van der Waals surface area contributed by atoms with Crippen LogP contribution in [-0.4, -0.2) is 5.11 Å². The van der Waals surface area contributed by atoms with Crippen LogP contribution in [0.3, 0.4) is 0 Å². The minimum absolute atomic E-state index is 0.452. The van der Waals surface area contributed by atoms with Crippen molar-refractivity contribution in [1.29, 1.82) is 0 Å². The first-order valence-electron chi connectivity index (χ1n) is 8.24. The first-order chi connectivity index (χ1) is 11.3. The standard InChI is InChI=1S/C22H22O/c1-3-16-15-20(17-11-7-5-8-12-17)21(19(4-2)22(16)23)18-13-9-6-10-14-18/h5-15,23H,3-4H2,1-2H3. The molecule has 0 spiro atoms. The number of benzene rings is 3. The summed E-state index contributed by atoms with van der Waals surface area (Å²) >= 11 is 0. The molecule has 0 saturated heterocycles. The van der Waals surface area contributed by atoms with Gasteiger partial charge in [-0.05, 0) is 46.7 Å². The summed E-state index contributed by atoms with van der Waals surface area (Å²) in [5.74, 6) is 0.452. The highest BCUT2D eigenvalue weighted by molar-refractivity contribution is 5.88. The van der Waals surface area contributed by atoms with Gasteiger partial charge in [0.05, 0.1) is 0 Å². The number of phenolic OH excluding ortho intramolecular Hbond substituents is 1. The van der Waals surface area contributed by atoms with Crippen LogP contribution in [0.25, 0.3) is 22.3 Å². The summed E-state index contributed by atoms with van der Waals surface area (Å²) in [6, 6.07) is 22.9. The van der Waals surface area contributed by atoms with Gasteiger partial charge in [0.1, 0.15) is 5.75 Å². The lowest BCUT2D eigenvalue weighted by molar-refractivity contribution is 0.463. The van der Waals surface area contributed by atoms with E-state index in [1.807, 2.05) is 24.3 Å². The van der Waals surface area contributed by atoms with Gasteiger partial charge in [0.2, 0.25) is 0 Å². The lowest BCUT2D eigenvalue weighted by Gasteiger charge is -2.19. The van der Waals surface area contributed by atoms with E-state index >= 15 is 0 Å². The average molecular weight is 302 g/mol. The second kappa shape index (κ2) is 6.70. The maximum atomic E-state index is 10.7. The summed E-state index contributed by atoms with van der Waals surface area (Å²) in [4.78, 5) is 0. The molecule has 3 aromatic rings. The zero-order valence-electron chi connectivity index (χ0n) is 13.7. The van der Waals surface area contributed by atoms with Crippen molar-refractivity contribution < 1.29 is 5.11 Å². The Morgan fingerprint density at radius 3 is 1.83 bits per heavy atom. The smallest absolute Gasteiger partial charge is 0.122 e. The van der Waals surface area contributed by atoms with Crippen LogP contribution >= 0.6 is 0 Å². The molecule has 0 aliphatic rings. The molecular weight excluding hydrogens is 280 g/mol. The number of rotatable bonds is 4. The Kier molecular flexibility index (Phi) is 4.47. The van der Waals surface area contributed by atoms with E-state index < -0.39 is 0 Å². The van der Waals surface area contributed by atoms with Crippen molar-refractivity contribution in [2.45, 2.75) is 26.7 Å². The predicted octanol–water partition coefficient (Wildman–Crippen LogP) is 5.85. The molecule has 0 amide bonds. The Hall–Kier alpha value is -2.54. The molecule has 0 heterocycles. The maximum absolute atomic E-state index is 10.7. The fourth-order valence-electron chi connectivity index (χ4n) is 3.18. The van der Waals surface area contributed by atoms with E-state index in [-0.39, 0.29) is 0 Å². The van der Waals surface area contributed by atoms with Gasteiger partial charge in [0, 0.05) is 5.56 Å². The Morgan fingerprint density at radius 2 is 1.30 bits per heavy atom. The quantitative estimate of drug-likeness (QED) is 0.641. The number of hydrogen-bond acceptors (Lipinski definition) is 1. The van der Waals surface area contributed by atoms with Crippen molar-refractivity contribution in [3.05, 3.63) is 77.9 Å². The molecule has 3 aromatic carbocycles. The summed E-state index contributed by atoms with van der Waals surface area (Å²) in [6.07, 6.45) is 1.64. The van der Waals surface area contributed by atoms with Crippen LogP contribution in [0.1, 0.15) is 25.0 Å². The SMILES string of the molecule is CCc1cc(-c2ccccc2)c(-c2ccccc2)c(CC)c1O. The minimum Gasteiger partial charge on any atom is -0.507 e. The zero-order valence-corrected chi connectivity index (χ0v) is 13.7. The molecule has 1 nitrogen and oxygen atoms in total. The maximum Gasteiger partial charge on any atom is 0.122 e. The highest BCUT2D eigenvalue weighted by atomic mass is 16.3. The second-order valence-electron chi connectivity index (χ2n) is 5.72. The van der Waals surface area contributed by atoms with E-state index in [9.17, 15) is 5.11 Å². The number of phenols is 1. The highest BCUT2D eigenvalue weighted by Crippen LogP contribution is 2.41. The molecule has 1 N–H and O–H groups in total. The normalized spacial score (nSPS) is 10.7. The summed E-state index contributed by atoms with van der Waals surface area (Å²) in [7, 11) is 0. The van der Waals surface area contributed by atoms with Crippen LogP contribution in [0.5, 0.6) is 5.75 Å². The molecule has 0 saturated carbocycles. The summed E-state index contributed by atoms with van der Waals surface area (Å²) < 4.78 is 0. The van der Waals surface area contributed by atoms with Gasteiger partial charge in [0.15, 0.2) is 0 Å². The highest BCUT2D eigenvalue weighted by Gasteiger charge is 2.18. The van der Waals surface area contributed by atoms with Gasteiger partial charge in [-0.1, -0.05) is 74.5 Å². The molecule has 116 valence electrons. The van der Waals surface area contributed by atoms with Crippen molar-refractivity contribution in [2.24, 2.45) is 0 Å². The number of aromatic hydroxyl groups is 1. The average Bonchev–Trinajstić information content (AvgIpc) is 2.62. The summed E-state index contributed by atoms with van der Waals surface area (Å²) in [5.41, 5.74) is 6.74. The van der Waals surface area contributed by atoms with Crippen LogP contribution in [0, 0.1) is 0 Å². The fourth-order valence-corrected chi connectivity index (χ4v) is 3.18. The molecule has 0 aliphatic heterocycles.